The lowest BCUT2D eigenvalue weighted by Crippen LogP contribution is -2.42. The predicted molar refractivity (Wildman–Crippen MR) is 77.3 cm³/mol. The van der Waals surface area contributed by atoms with Crippen molar-refractivity contribution < 1.29 is 14.6 Å². The molecule has 3 rings (SSSR count). The molecule has 0 radical (unpaired) electrons. The van der Waals surface area contributed by atoms with Gasteiger partial charge >= 0.3 is 0 Å². The number of ether oxygens (including phenoxy) is 1. The number of carbonyl (C=O) groups is 1. The summed E-state index contributed by atoms with van der Waals surface area (Å²) >= 11 is 0. The first-order chi connectivity index (χ1) is 10.2. The number of amides is 1. The summed E-state index contributed by atoms with van der Waals surface area (Å²) in [6.45, 7) is 2.05. The molecular weight excluding hydrogens is 272 g/mol. The third-order valence-electron chi connectivity index (χ3n) is 3.68. The van der Waals surface area contributed by atoms with Crippen molar-refractivity contribution in [3.05, 3.63) is 40.2 Å². The maximum absolute atomic E-state index is 12.2. The number of para-hydroxylation sites is 1. The predicted octanol–water partition coefficient (Wildman–Crippen LogP) is 0.635. The van der Waals surface area contributed by atoms with Crippen molar-refractivity contribution in [1.82, 2.24) is 9.88 Å². The maximum atomic E-state index is 12.2. The normalized spacial score (nSPS) is 15.3. The molecule has 1 saturated heterocycles. The fourth-order valence-electron chi connectivity index (χ4n) is 2.51. The summed E-state index contributed by atoms with van der Waals surface area (Å²) in [4.78, 5) is 28.6. The van der Waals surface area contributed by atoms with E-state index in [1.165, 1.54) is 0 Å². The lowest BCUT2D eigenvalue weighted by Gasteiger charge is -2.26. The molecule has 1 aliphatic rings. The monoisotopic (exact) mass is 288 g/mol. The van der Waals surface area contributed by atoms with Crippen molar-refractivity contribution in [3.63, 3.8) is 0 Å². The molecule has 0 bridgehead atoms. The minimum absolute atomic E-state index is 0.105. The molecule has 2 heterocycles. The summed E-state index contributed by atoms with van der Waals surface area (Å²) in [7, 11) is 0. The van der Waals surface area contributed by atoms with Gasteiger partial charge in [-0.25, -0.2) is 0 Å². The van der Waals surface area contributed by atoms with Crippen LogP contribution in [0.2, 0.25) is 0 Å². The van der Waals surface area contributed by atoms with E-state index in [0.717, 1.165) is 0 Å². The second-order valence-electron chi connectivity index (χ2n) is 5.00. The number of nitrogens with one attached hydrogen (secondary N) is 1. The first-order valence-corrected chi connectivity index (χ1v) is 6.85. The third-order valence-corrected chi connectivity index (χ3v) is 3.68. The molecule has 1 aliphatic heterocycles. The van der Waals surface area contributed by atoms with Gasteiger partial charge in [0.05, 0.1) is 30.7 Å². The number of hydrogen-bond donors (Lipinski definition) is 2. The van der Waals surface area contributed by atoms with E-state index >= 15 is 0 Å². The quantitative estimate of drug-likeness (QED) is 0.849. The average molecular weight is 288 g/mol. The number of benzene rings is 1. The molecule has 0 saturated carbocycles. The Bertz CT molecular complexity index is 732. The standard InChI is InChI=1S/C15H16N2O4/c18-13(17-5-7-21-8-6-17)9-11-14(19)10-3-1-2-4-12(10)16-15(11)20/h1-4H,5-9H2,(H2,16,19,20). The van der Waals surface area contributed by atoms with Crippen LogP contribution in [0.1, 0.15) is 5.56 Å². The van der Waals surface area contributed by atoms with Gasteiger partial charge < -0.3 is 19.7 Å². The van der Waals surface area contributed by atoms with E-state index in [-0.39, 0.29) is 23.6 Å². The first kappa shape index (κ1) is 13.6. The number of nitrogens with zero attached hydrogens (tertiary/aromatic N) is 1. The number of hydrogen-bond acceptors (Lipinski definition) is 4. The van der Waals surface area contributed by atoms with E-state index in [2.05, 4.69) is 4.98 Å². The van der Waals surface area contributed by atoms with Crippen LogP contribution in [0.25, 0.3) is 10.9 Å². The van der Waals surface area contributed by atoms with Crippen molar-refractivity contribution in [2.24, 2.45) is 0 Å². The molecule has 0 unspecified atom stereocenters. The number of fused-ring (bicyclic) bond motifs is 1. The van der Waals surface area contributed by atoms with E-state index < -0.39 is 5.56 Å². The smallest absolute Gasteiger partial charge is 0.255 e. The number of aromatic amines is 1. The highest BCUT2D eigenvalue weighted by Gasteiger charge is 2.21. The molecule has 21 heavy (non-hydrogen) atoms. The van der Waals surface area contributed by atoms with Gasteiger partial charge in [-0.1, -0.05) is 12.1 Å². The van der Waals surface area contributed by atoms with Crippen LogP contribution in [-0.4, -0.2) is 47.2 Å². The van der Waals surface area contributed by atoms with Crippen LogP contribution in [0, 0.1) is 0 Å². The maximum Gasteiger partial charge on any atom is 0.255 e. The highest BCUT2D eigenvalue weighted by Crippen LogP contribution is 2.25. The fraction of sp³-hybridized carbons (Fsp3) is 0.333. The van der Waals surface area contributed by atoms with Gasteiger partial charge in [-0.3, -0.25) is 9.59 Å². The Morgan fingerprint density at radius 1 is 1.29 bits per heavy atom. The van der Waals surface area contributed by atoms with E-state index in [4.69, 9.17) is 4.74 Å². The lowest BCUT2D eigenvalue weighted by atomic mass is 10.1. The summed E-state index contributed by atoms with van der Waals surface area (Å²) in [6, 6.07) is 6.97. The molecule has 6 nitrogen and oxygen atoms in total. The number of morpholine rings is 1. The van der Waals surface area contributed by atoms with E-state index in [0.29, 0.717) is 37.2 Å². The van der Waals surface area contributed by atoms with Crippen LogP contribution in [-0.2, 0) is 16.0 Å². The highest BCUT2D eigenvalue weighted by atomic mass is 16.5. The number of H-pyrrole nitrogens is 1. The summed E-state index contributed by atoms with van der Waals surface area (Å²) in [6.07, 6.45) is -0.105. The van der Waals surface area contributed by atoms with E-state index in [1.54, 1.807) is 29.2 Å². The van der Waals surface area contributed by atoms with Gasteiger partial charge in [0, 0.05) is 18.5 Å². The van der Waals surface area contributed by atoms with E-state index in [1.807, 2.05) is 0 Å². The molecule has 1 aromatic heterocycles. The SMILES string of the molecule is O=C(Cc1c(O)c2ccccc2[nH]c1=O)N1CCOCC1. The minimum atomic E-state index is -0.423. The van der Waals surface area contributed by atoms with Gasteiger partial charge in [-0.15, -0.1) is 0 Å². The summed E-state index contributed by atoms with van der Waals surface area (Å²) < 4.78 is 5.19. The van der Waals surface area contributed by atoms with Gasteiger partial charge in [0.25, 0.3) is 5.56 Å². The van der Waals surface area contributed by atoms with Crippen LogP contribution >= 0.6 is 0 Å². The Hall–Kier alpha value is -2.34. The van der Waals surface area contributed by atoms with E-state index in [9.17, 15) is 14.7 Å². The topological polar surface area (TPSA) is 82.6 Å². The second kappa shape index (κ2) is 5.57. The third kappa shape index (κ3) is 2.62. The first-order valence-electron chi connectivity index (χ1n) is 6.85. The van der Waals surface area contributed by atoms with Gasteiger partial charge in [-0.05, 0) is 12.1 Å². The molecular formula is C15H16N2O4. The zero-order valence-electron chi connectivity index (χ0n) is 11.5. The Morgan fingerprint density at radius 3 is 2.76 bits per heavy atom. The summed E-state index contributed by atoms with van der Waals surface area (Å²) in [5.41, 5.74) is 0.251. The molecule has 0 atom stereocenters. The summed E-state index contributed by atoms with van der Waals surface area (Å²) in [5, 5.41) is 10.8. The highest BCUT2D eigenvalue weighted by molar-refractivity contribution is 5.88. The van der Waals surface area contributed by atoms with Crippen LogP contribution in [0.5, 0.6) is 5.75 Å². The molecule has 0 spiro atoms. The van der Waals surface area contributed by atoms with Gasteiger partial charge in [0.15, 0.2) is 0 Å². The van der Waals surface area contributed by atoms with Crippen LogP contribution < -0.4 is 5.56 Å². The van der Waals surface area contributed by atoms with Crippen molar-refractivity contribution in [2.75, 3.05) is 26.3 Å². The zero-order chi connectivity index (χ0) is 14.8. The van der Waals surface area contributed by atoms with Crippen molar-refractivity contribution >= 4 is 16.8 Å². The second-order valence-corrected chi connectivity index (χ2v) is 5.00. The molecule has 2 aromatic rings. The largest absolute Gasteiger partial charge is 0.507 e. The Morgan fingerprint density at radius 2 is 2.00 bits per heavy atom. The Kier molecular flexibility index (Phi) is 3.62. The summed E-state index contributed by atoms with van der Waals surface area (Å²) in [5.74, 6) is -0.287. The van der Waals surface area contributed by atoms with Crippen LogP contribution in [0.4, 0.5) is 0 Å². The fourth-order valence-corrected chi connectivity index (χ4v) is 2.51. The molecule has 6 heteroatoms. The van der Waals surface area contributed by atoms with Gasteiger partial charge in [0.2, 0.25) is 5.91 Å². The van der Waals surface area contributed by atoms with Gasteiger partial charge in [0.1, 0.15) is 5.75 Å². The lowest BCUT2D eigenvalue weighted by molar-refractivity contribution is -0.134. The molecule has 2 N–H and O–H groups in total. The molecule has 0 aliphatic carbocycles. The molecule has 1 fully saturated rings. The van der Waals surface area contributed by atoms with Gasteiger partial charge in [-0.2, -0.15) is 0 Å². The molecule has 110 valence electrons. The molecule has 1 amide bonds. The Balaban J connectivity index is 1.93. The number of aromatic hydroxyl groups is 1. The number of pyridine rings is 1. The van der Waals surface area contributed by atoms with Crippen LogP contribution in [0.15, 0.2) is 29.1 Å². The van der Waals surface area contributed by atoms with Crippen LogP contribution in [0.3, 0.4) is 0 Å². The number of carbonyl (C=O) groups excluding carboxylic acids is 1. The van der Waals surface area contributed by atoms with Crippen molar-refractivity contribution in [2.45, 2.75) is 6.42 Å². The zero-order valence-corrected chi connectivity index (χ0v) is 11.5. The Labute approximate surface area is 121 Å². The van der Waals surface area contributed by atoms with Crippen molar-refractivity contribution in [1.29, 1.82) is 0 Å². The minimum Gasteiger partial charge on any atom is -0.507 e. The number of aromatic nitrogens is 1. The average Bonchev–Trinajstić information content (AvgIpc) is 2.52. The van der Waals surface area contributed by atoms with Crippen molar-refractivity contribution in [3.8, 4) is 5.75 Å². The molecule has 1 aromatic carbocycles. The number of rotatable bonds is 2.